The van der Waals surface area contributed by atoms with E-state index in [4.69, 9.17) is 22.1 Å². The molecule has 5 heteroatoms. The highest BCUT2D eigenvalue weighted by Gasteiger charge is 2.09. The molecule has 0 aliphatic rings. The van der Waals surface area contributed by atoms with E-state index in [1.54, 1.807) is 18.2 Å². The van der Waals surface area contributed by atoms with Crippen molar-refractivity contribution in [1.29, 1.82) is 0 Å². The predicted octanol–water partition coefficient (Wildman–Crippen LogP) is 4.18. The van der Waals surface area contributed by atoms with Crippen LogP contribution >= 0.6 is 11.6 Å². The molecule has 0 aliphatic carbocycles. The lowest BCUT2D eigenvalue weighted by Crippen LogP contribution is -2.17. The van der Waals surface area contributed by atoms with Crippen LogP contribution in [0.25, 0.3) is 0 Å². The van der Waals surface area contributed by atoms with Gasteiger partial charge < -0.3 is 15.8 Å². The van der Waals surface area contributed by atoms with Gasteiger partial charge in [0, 0.05) is 11.6 Å². The molecule has 2 aromatic carbocycles. The van der Waals surface area contributed by atoms with E-state index in [-0.39, 0.29) is 11.9 Å². The number of nitrogens with one attached hydrogen (secondary N) is 1. The molecule has 0 spiro atoms. The summed E-state index contributed by atoms with van der Waals surface area (Å²) < 4.78 is 18.5. The quantitative estimate of drug-likeness (QED) is 0.589. The summed E-state index contributed by atoms with van der Waals surface area (Å²) in [7, 11) is 0. The molecule has 0 fully saturated rings. The monoisotopic (exact) mass is 336 g/mol. The maximum atomic E-state index is 12.8. The van der Waals surface area contributed by atoms with Gasteiger partial charge in [-0.3, -0.25) is 0 Å². The molecule has 0 aliphatic heterocycles. The van der Waals surface area contributed by atoms with Gasteiger partial charge in [0.2, 0.25) is 0 Å². The molecule has 0 unspecified atom stereocenters. The van der Waals surface area contributed by atoms with Crippen molar-refractivity contribution in [3.05, 3.63) is 58.4 Å². The summed E-state index contributed by atoms with van der Waals surface area (Å²) in [5, 5.41) is 3.96. The number of halogens is 2. The van der Waals surface area contributed by atoms with Gasteiger partial charge in [0.25, 0.3) is 0 Å². The minimum absolute atomic E-state index is 0.0583. The maximum Gasteiger partial charge on any atom is 0.142 e. The normalized spacial score (nSPS) is 11.0. The van der Waals surface area contributed by atoms with Crippen molar-refractivity contribution in [1.82, 2.24) is 5.32 Å². The van der Waals surface area contributed by atoms with Gasteiger partial charge in [0.1, 0.15) is 11.6 Å². The highest BCUT2D eigenvalue weighted by atomic mass is 35.5. The number of rotatable bonds is 7. The van der Waals surface area contributed by atoms with E-state index in [1.165, 1.54) is 12.1 Å². The van der Waals surface area contributed by atoms with E-state index in [2.05, 4.69) is 5.32 Å². The van der Waals surface area contributed by atoms with Crippen LogP contribution < -0.4 is 15.8 Å². The Bertz CT molecular complexity index is 644. The molecule has 0 radical (unpaired) electrons. The minimum Gasteiger partial charge on any atom is -0.489 e. The average molecular weight is 337 g/mol. The summed E-state index contributed by atoms with van der Waals surface area (Å²) in [6.45, 7) is 5.35. The van der Waals surface area contributed by atoms with E-state index in [0.29, 0.717) is 23.0 Å². The van der Waals surface area contributed by atoms with Gasteiger partial charge in [-0.2, -0.15) is 0 Å². The topological polar surface area (TPSA) is 47.3 Å². The van der Waals surface area contributed by atoms with Crippen molar-refractivity contribution in [2.24, 2.45) is 0 Å². The molecule has 0 atom stereocenters. The molecule has 0 heterocycles. The number of anilines is 1. The van der Waals surface area contributed by atoms with E-state index in [1.807, 2.05) is 19.9 Å². The second-order valence-electron chi connectivity index (χ2n) is 5.70. The molecule has 2 rings (SSSR count). The number of benzene rings is 2. The third-order valence-corrected chi connectivity index (χ3v) is 3.71. The van der Waals surface area contributed by atoms with Crippen LogP contribution in [-0.4, -0.2) is 12.6 Å². The summed E-state index contributed by atoms with van der Waals surface area (Å²) in [6.07, 6.45) is 0.817. The molecule has 0 aromatic heterocycles. The second kappa shape index (κ2) is 8.18. The lowest BCUT2D eigenvalue weighted by Gasteiger charge is -2.15. The number of ether oxygens (including phenoxy) is 1. The lowest BCUT2D eigenvalue weighted by molar-refractivity contribution is 0.243. The molecular weight excluding hydrogens is 315 g/mol. The lowest BCUT2D eigenvalue weighted by atomic mass is 10.1. The van der Waals surface area contributed by atoms with Gasteiger partial charge in [-0.1, -0.05) is 23.7 Å². The van der Waals surface area contributed by atoms with Crippen LogP contribution in [0.2, 0.25) is 5.02 Å². The fourth-order valence-corrected chi connectivity index (χ4v) is 2.48. The van der Waals surface area contributed by atoms with Gasteiger partial charge in [-0.05, 0) is 62.2 Å². The summed E-state index contributed by atoms with van der Waals surface area (Å²) in [5.41, 5.74) is 8.50. The number of nitrogen functional groups attached to an aromatic ring is 1. The molecular formula is C18H22ClFN2O. The molecule has 0 bridgehead atoms. The molecule has 124 valence electrons. The van der Waals surface area contributed by atoms with Crippen LogP contribution in [0.4, 0.5) is 10.1 Å². The third-order valence-electron chi connectivity index (χ3n) is 3.35. The fourth-order valence-electron chi connectivity index (χ4n) is 2.22. The molecule has 3 N–H and O–H groups in total. The number of nitrogens with two attached hydrogens (primary N) is 1. The van der Waals surface area contributed by atoms with Gasteiger partial charge in [0.05, 0.1) is 11.8 Å². The first-order valence-corrected chi connectivity index (χ1v) is 8.03. The third kappa shape index (κ3) is 5.41. The van der Waals surface area contributed by atoms with E-state index >= 15 is 0 Å². The summed E-state index contributed by atoms with van der Waals surface area (Å²) >= 11 is 6.25. The molecule has 0 amide bonds. The van der Waals surface area contributed by atoms with E-state index in [9.17, 15) is 4.39 Å². The van der Waals surface area contributed by atoms with Crippen molar-refractivity contribution < 1.29 is 9.13 Å². The summed E-state index contributed by atoms with van der Waals surface area (Å²) in [6, 6.07) is 10.1. The average Bonchev–Trinajstić information content (AvgIpc) is 2.49. The Labute approximate surface area is 141 Å². The highest BCUT2D eigenvalue weighted by Crippen LogP contribution is 2.30. The van der Waals surface area contributed by atoms with Gasteiger partial charge in [0.15, 0.2) is 0 Å². The predicted molar refractivity (Wildman–Crippen MR) is 93.4 cm³/mol. The number of hydrogen-bond acceptors (Lipinski definition) is 3. The molecule has 0 saturated heterocycles. The second-order valence-corrected chi connectivity index (χ2v) is 6.11. The Kier molecular flexibility index (Phi) is 6.25. The van der Waals surface area contributed by atoms with Crippen LogP contribution in [0.15, 0.2) is 36.4 Å². The van der Waals surface area contributed by atoms with E-state index in [0.717, 1.165) is 24.1 Å². The van der Waals surface area contributed by atoms with E-state index < -0.39 is 0 Å². The Morgan fingerprint density at radius 3 is 2.57 bits per heavy atom. The zero-order valence-corrected chi connectivity index (χ0v) is 14.2. The van der Waals surface area contributed by atoms with Crippen LogP contribution in [0, 0.1) is 5.82 Å². The Hall–Kier alpha value is -1.78. The first kappa shape index (κ1) is 17.6. The van der Waals surface area contributed by atoms with Crippen molar-refractivity contribution in [2.45, 2.75) is 32.9 Å². The summed E-state index contributed by atoms with van der Waals surface area (Å²) in [4.78, 5) is 0. The van der Waals surface area contributed by atoms with Gasteiger partial charge in [-0.15, -0.1) is 0 Å². The largest absolute Gasteiger partial charge is 0.489 e. The van der Waals surface area contributed by atoms with Gasteiger partial charge >= 0.3 is 0 Å². The zero-order valence-electron chi connectivity index (χ0n) is 13.4. The molecule has 23 heavy (non-hydrogen) atoms. The van der Waals surface area contributed by atoms with Crippen LogP contribution in [0.1, 0.15) is 25.0 Å². The van der Waals surface area contributed by atoms with Crippen LogP contribution in [0.3, 0.4) is 0 Å². The Morgan fingerprint density at radius 1 is 1.22 bits per heavy atom. The van der Waals surface area contributed by atoms with Crippen molar-refractivity contribution >= 4 is 17.3 Å². The van der Waals surface area contributed by atoms with Crippen molar-refractivity contribution in [3.8, 4) is 5.75 Å². The Balaban J connectivity index is 1.90. The minimum atomic E-state index is -0.222. The molecule has 2 aromatic rings. The first-order chi connectivity index (χ1) is 11.0. The first-order valence-electron chi connectivity index (χ1n) is 7.65. The molecule has 3 nitrogen and oxygen atoms in total. The van der Waals surface area contributed by atoms with Gasteiger partial charge in [-0.25, -0.2) is 4.39 Å². The maximum absolute atomic E-state index is 12.8. The van der Waals surface area contributed by atoms with Crippen LogP contribution in [0.5, 0.6) is 5.75 Å². The zero-order chi connectivity index (χ0) is 16.8. The van der Waals surface area contributed by atoms with Crippen molar-refractivity contribution in [2.75, 3.05) is 12.3 Å². The number of hydrogen-bond donors (Lipinski definition) is 2. The van der Waals surface area contributed by atoms with Crippen LogP contribution in [-0.2, 0) is 13.0 Å². The SMILES string of the molecule is CC(C)Oc1cc(CCNCc2ccc(F)cc2)c(Cl)cc1N. The highest BCUT2D eigenvalue weighted by molar-refractivity contribution is 6.31. The standard InChI is InChI=1S/C18H22ClFN2O/c1-12(2)23-18-9-14(16(19)10-17(18)21)7-8-22-11-13-3-5-15(20)6-4-13/h3-6,9-10,12,22H,7-8,11,21H2,1-2H3. The smallest absolute Gasteiger partial charge is 0.142 e. The molecule has 0 saturated carbocycles. The fraction of sp³-hybridized carbons (Fsp3) is 0.333. The van der Waals surface area contributed by atoms with Crippen molar-refractivity contribution in [3.63, 3.8) is 0 Å². The summed E-state index contributed by atoms with van der Waals surface area (Å²) in [5.74, 6) is 0.443. The Morgan fingerprint density at radius 2 is 1.91 bits per heavy atom.